The molecule has 0 N–H and O–H groups in total. The quantitative estimate of drug-likeness (QED) is 0.494. The van der Waals surface area contributed by atoms with Gasteiger partial charge < -0.3 is 9.47 Å². The van der Waals surface area contributed by atoms with Crippen LogP contribution in [-0.2, 0) is 4.79 Å². The number of carbonyl (C=O) groups is 1. The number of nitrogens with zero attached hydrogens (tertiary/aromatic N) is 2. The molecule has 0 radical (unpaired) electrons. The van der Waals surface area contributed by atoms with Gasteiger partial charge in [0, 0.05) is 5.41 Å². The Kier molecular flexibility index (Phi) is 7.80. The predicted molar refractivity (Wildman–Crippen MR) is 135 cm³/mol. The number of benzene rings is 2. The molecule has 0 saturated heterocycles. The summed E-state index contributed by atoms with van der Waals surface area (Å²) < 4.78 is 36.9. The molecule has 188 valence electrons. The zero-order chi connectivity index (χ0) is 26.8. The average molecular weight is 513 g/mol. The van der Waals surface area contributed by atoms with Crippen LogP contribution in [0.5, 0.6) is 11.5 Å². The number of aromatic nitrogens is 1. The smallest absolute Gasteiger partial charge is 0.387 e. The van der Waals surface area contributed by atoms with Gasteiger partial charge in [-0.1, -0.05) is 39.0 Å². The Morgan fingerprint density at radius 1 is 1.14 bits per heavy atom. The first kappa shape index (κ1) is 26.8. The van der Waals surface area contributed by atoms with Crippen LogP contribution in [0.2, 0.25) is 0 Å². The summed E-state index contributed by atoms with van der Waals surface area (Å²) >= 11 is 1.02. The van der Waals surface area contributed by atoms with Gasteiger partial charge in [-0.2, -0.15) is 14.0 Å². The summed E-state index contributed by atoms with van der Waals surface area (Å²) in [7, 11) is 1.32. The van der Waals surface area contributed by atoms with Gasteiger partial charge in [-0.3, -0.25) is 14.2 Å². The number of hydrogen-bond donors (Lipinski definition) is 0. The third-order valence-corrected chi connectivity index (χ3v) is 6.46. The molecule has 0 amide bonds. The normalized spacial score (nSPS) is 12.9. The topological polar surface area (TPSA) is 81.3 Å². The van der Waals surface area contributed by atoms with Crippen molar-refractivity contribution >= 4 is 28.8 Å². The van der Waals surface area contributed by atoms with Crippen LogP contribution in [0.25, 0.3) is 17.3 Å². The number of thiazole rings is 1. The van der Waals surface area contributed by atoms with Crippen molar-refractivity contribution in [3.63, 3.8) is 0 Å². The van der Waals surface area contributed by atoms with Crippen LogP contribution >= 0.6 is 11.3 Å². The molecule has 0 saturated carbocycles. The van der Waals surface area contributed by atoms with Crippen LogP contribution in [0.1, 0.15) is 37.5 Å². The van der Waals surface area contributed by atoms with E-state index < -0.39 is 17.6 Å². The van der Waals surface area contributed by atoms with E-state index in [1.807, 2.05) is 38.1 Å². The first-order valence-corrected chi connectivity index (χ1v) is 11.8. The van der Waals surface area contributed by atoms with Crippen LogP contribution in [0, 0.1) is 30.6 Å². The molecule has 3 aromatic rings. The Hall–Kier alpha value is -3.77. The number of carbonyl (C=O) groups excluding carboxylic acids is 1. The maximum Gasteiger partial charge on any atom is 0.387 e. The first-order chi connectivity index (χ1) is 16.9. The van der Waals surface area contributed by atoms with Crippen molar-refractivity contribution in [1.82, 2.24) is 4.57 Å². The van der Waals surface area contributed by atoms with Gasteiger partial charge in [0.2, 0.25) is 0 Å². The minimum Gasteiger partial charge on any atom is -0.493 e. The molecule has 0 bridgehead atoms. The maximum atomic E-state index is 13.7. The van der Waals surface area contributed by atoms with Crippen LogP contribution in [-0.4, -0.2) is 24.1 Å². The number of halogens is 2. The molecule has 6 nitrogen and oxygen atoms in total. The fourth-order valence-corrected chi connectivity index (χ4v) is 4.61. The van der Waals surface area contributed by atoms with Crippen molar-refractivity contribution in [3.05, 3.63) is 72.6 Å². The second-order valence-electron chi connectivity index (χ2n) is 9.20. The molecule has 9 heteroatoms. The molecule has 0 aliphatic rings. The highest BCUT2D eigenvalue weighted by molar-refractivity contribution is 7.07. The summed E-state index contributed by atoms with van der Waals surface area (Å²) in [5, 5.41) is 9.95. The zero-order valence-electron chi connectivity index (χ0n) is 20.8. The van der Waals surface area contributed by atoms with Gasteiger partial charge in [0.15, 0.2) is 17.3 Å². The number of nitriles is 1. The van der Waals surface area contributed by atoms with Crippen LogP contribution in [0.4, 0.5) is 8.78 Å². The Bertz CT molecular complexity index is 1540. The van der Waals surface area contributed by atoms with Gasteiger partial charge in [0.1, 0.15) is 16.3 Å². The second-order valence-corrected chi connectivity index (χ2v) is 10.2. The van der Waals surface area contributed by atoms with Crippen molar-refractivity contribution in [2.24, 2.45) is 5.41 Å². The zero-order valence-corrected chi connectivity index (χ0v) is 21.6. The second kappa shape index (κ2) is 10.5. The standard InChI is InChI=1S/C27H26F2N2O4S/c1-15-7-8-16(2)19(11-15)31-24(33)22(36-25(31)18(14-30)23(32)27(3,4)5)13-17-9-10-20(35-26(28)29)21(12-17)34-6/h7-13,26H,1-6H3/b22-13-,25-18-. The third kappa shape index (κ3) is 5.55. The molecular formula is C27H26F2N2O4S. The van der Waals surface area contributed by atoms with Crippen molar-refractivity contribution < 1.29 is 23.0 Å². The molecule has 36 heavy (non-hydrogen) atoms. The molecule has 0 fully saturated rings. The van der Waals surface area contributed by atoms with E-state index in [1.54, 1.807) is 26.8 Å². The lowest BCUT2D eigenvalue weighted by atomic mass is 9.87. The summed E-state index contributed by atoms with van der Waals surface area (Å²) in [5.41, 5.74) is 1.41. The molecule has 3 rings (SSSR count). The third-order valence-electron chi connectivity index (χ3n) is 5.36. The van der Waals surface area contributed by atoms with Gasteiger partial charge in [-0.15, -0.1) is 11.3 Å². The van der Waals surface area contributed by atoms with Gasteiger partial charge in [0.25, 0.3) is 5.56 Å². The van der Waals surface area contributed by atoms with Crippen molar-refractivity contribution in [2.75, 3.05) is 7.11 Å². The lowest BCUT2D eigenvalue weighted by Gasteiger charge is -2.15. The number of rotatable bonds is 6. The minimum absolute atomic E-state index is 0.0721. The number of hydrogen-bond acceptors (Lipinski definition) is 6. The van der Waals surface area contributed by atoms with Gasteiger partial charge in [-0.25, -0.2) is 0 Å². The fourth-order valence-electron chi connectivity index (χ4n) is 3.52. The number of ether oxygens (including phenoxy) is 2. The van der Waals surface area contributed by atoms with E-state index in [9.17, 15) is 23.6 Å². The monoisotopic (exact) mass is 512 g/mol. The molecule has 1 heterocycles. The van der Waals surface area contributed by atoms with Gasteiger partial charge in [0.05, 0.1) is 17.3 Å². The van der Waals surface area contributed by atoms with Crippen LogP contribution in [0.15, 0.2) is 41.2 Å². The maximum absolute atomic E-state index is 13.7. The van der Waals surface area contributed by atoms with E-state index in [4.69, 9.17) is 4.74 Å². The highest BCUT2D eigenvalue weighted by Gasteiger charge is 2.28. The Balaban J connectivity index is 2.40. The molecular weight excluding hydrogens is 486 g/mol. The summed E-state index contributed by atoms with van der Waals surface area (Å²) in [6.45, 7) is 5.85. The van der Waals surface area contributed by atoms with Crippen molar-refractivity contribution in [1.29, 1.82) is 5.26 Å². The van der Waals surface area contributed by atoms with Gasteiger partial charge >= 0.3 is 6.61 Å². The van der Waals surface area contributed by atoms with E-state index in [2.05, 4.69) is 4.74 Å². The lowest BCUT2D eigenvalue weighted by molar-refractivity contribution is -0.120. The van der Waals surface area contributed by atoms with Crippen LogP contribution in [0.3, 0.4) is 0 Å². The van der Waals surface area contributed by atoms with E-state index in [1.165, 1.54) is 29.9 Å². The number of ketones is 1. The number of methoxy groups -OCH3 is 1. The van der Waals surface area contributed by atoms with Crippen molar-refractivity contribution in [2.45, 2.75) is 41.2 Å². The molecule has 0 atom stereocenters. The SMILES string of the molecule is COc1cc(/C=c2\s/c(=C(/C#N)C(=O)C(C)(C)C)n(-c3cc(C)ccc3C)c2=O)ccc1OC(F)F. The highest BCUT2D eigenvalue weighted by atomic mass is 32.1. The summed E-state index contributed by atoms with van der Waals surface area (Å²) in [4.78, 5) is 26.8. The summed E-state index contributed by atoms with van der Waals surface area (Å²) in [6.07, 6.45) is 1.56. The first-order valence-electron chi connectivity index (χ1n) is 11.0. The Morgan fingerprint density at radius 3 is 2.42 bits per heavy atom. The predicted octanol–water partition coefficient (Wildman–Crippen LogP) is 4.24. The largest absolute Gasteiger partial charge is 0.493 e. The van der Waals surface area contributed by atoms with Crippen molar-refractivity contribution in [3.8, 4) is 23.3 Å². The Labute approximate surface area is 211 Å². The summed E-state index contributed by atoms with van der Waals surface area (Å²) in [5.74, 6) is -0.449. The molecule has 1 aromatic heterocycles. The molecule has 0 unspecified atom stereocenters. The highest BCUT2D eigenvalue weighted by Crippen LogP contribution is 2.29. The molecule has 2 aromatic carbocycles. The van der Waals surface area contributed by atoms with E-state index in [0.29, 0.717) is 11.3 Å². The average Bonchev–Trinajstić information content (AvgIpc) is 3.11. The number of alkyl halides is 2. The van der Waals surface area contributed by atoms with Crippen LogP contribution < -0.4 is 24.2 Å². The van der Waals surface area contributed by atoms with E-state index >= 15 is 0 Å². The van der Waals surface area contributed by atoms with E-state index in [-0.39, 0.29) is 32.1 Å². The molecule has 0 aliphatic carbocycles. The van der Waals surface area contributed by atoms with Gasteiger partial charge in [-0.05, 0) is 54.8 Å². The molecule has 0 spiro atoms. The van der Waals surface area contributed by atoms with E-state index in [0.717, 1.165) is 22.5 Å². The molecule has 0 aliphatic heterocycles. The minimum atomic E-state index is -3.02. The number of Topliss-reactive ketones (excluding diaryl/α,β-unsaturated/α-hetero) is 1. The fraction of sp³-hybridized carbons (Fsp3) is 0.296. The summed E-state index contributed by atoms with van der Waals surface area (Å²) in [6, 6.07) is 11.9. The lowest BCUT2D eigenvalue weighted by Crippen LogP contribution is -2.33. The number of aryl methyl sites for hydroxylation is 2. The Morgan fingerprint density at radius 2 is 1.83 bits per heavy atom.